The standard InChI is InChI=1S/C12H17NO2/c1-8-4-3-5-10(15-2)11(8)12(13)6-9(14)7-12/h3-5,9,14H,6-7,13H2,1-2H3. The molecule has 3 heteroatoms. The number of methoxy groups -OCH3 is 1. The fourth-order valence-electron chi connectivity index (χ4n) is 2.43. The fourth-order valence-corrected chi connectivity index (χ4v) is 2.43. The molecule has 0 bridgehead atoms. The van der Waals surface area contributed by atoms with Gasteiger partial charge >= 0.3 is 0 Å². The molecule has 0 heterocycles. The summed E-state index contributed by atoms with van der Waals surface area (Å²) in [6.07, 6.45) is 0.974. The maximum Gasteiger partial charge on any atom is 0.124 e. The minimum atomic E-state index is -0.407. The van der Waals surface area contributed by atoms with Crippen molar-refractivity contribution in [1.82, 2.24) is 0 Å². The third kappa shape index (κ3) is 1.62. The summed E-state index contributed by atoms with van der Waals surface area (Å²) in [6.45, 7) is 2.02. The van der Waals surface area contributed by atoms with E-state index in [1.165, 1.54) is 0 Å². The molecule has 1 aliphatic carbocycles. The van der Waals surface area contributed by atoms with Crippen molar-refractivity contribution in [2.75, 3.05) is 7.11 Å². The van der Waals surface area contributed by atoms with Gasteiger partial charge in [0.05, 0.1) is 13.2 Å². The average molecular weight is 207 g/mol. The molecule has 1 fully saturated rings. The van der Waals surface area contributed by atoms with Gasteiger partial charge in [0.2, 0.25) is 0 Å². The number of ether oxygens (including phenoxy) is 1. The van der Waals surface area contributed by atoms with Crippen LogP contribution in [0.25, 0.3) is 0 Å². The summed E-state index contributed by atoms with van der Waals surface area (Å²) in [4.78, 5) is 0. The Bertz CT molecular complexity index is 370. The van der Waals surface area contributed by atoms with Crippen LogP contribution in [-0.2, 0) is 5.54 Å². The second kappa shape index (κ2) is 3.51. The zero-order valence-corrected chi connectivity index (χ0v) is 9.16. The highest BCUT2D eigenvalue weighted by molar-refractivity contribution is 5.46. The van der Waals surface area contributed by atoms with Gasteiger partial charge in [0.15, 0.2) is 0 Å². The Kier molecular flexibility index (Phi) is 2.44. The number of aryl methyl sites for hydroxylation is 1. The second-order valence-corrected chi connectivity index (χ2v) is 4.37. The van der Waals surface area contributed by atoms with Crippen LogP contribution in [0.2, 0.25) is 0 Å². The van der Waals surface area contributed by atoms with Crippen LogP contribution < -0.4 is 10.5 Å². The first-order valence-corrected chi connectivity index (χ1v) is 5.18. The van der Waals surface area contributed by atoms with Gasteiger partial charge in [-0.3, -0.25) is 0 Å². The van der Waals surface area contributed by atoms with Gasteiger partial charge in [-0.05, 0) is 31.4 Å². The van der Waals surface area contributed by atoms with Crippen LogP contribution in [0.3, 0.4) is 0 Å². The summed E-state index contributed by atoms with van der Waals surface area (Å²) in [5.74, 6) is 0.824. The molecule has 1 aromatic carbocycles. The highest BCUT2D eigenvalue weighted by Crippen LogP contribution is 2.44. The predicted molar refractivity (Wildman–Crippen MR) is 58.8 cm³/mol. The molecule has 0 unspecified atom stereocenters. The van der Waals surface area contributed by atoms with Gasteiger partial charge in [-0.15, -0.1) is 0 Å². The lowest BCUT2D eigenvalue weighted by molar-refractivity contribution is 0.0196. The van der Waals surface area contributed by atoms with E-state index in [2.05, 4.69) is 0 Å². The maximum atomic E-state index is 9.38. The van der Waals surface area contributed by atoms with Gasteiger partial charge in [0, 0.05) is 11.1 Å². The number of hydrogen-bond acceptors (Lipinski definition) is 3. The van der Waals surface area contributed by atoms with E-state index in [4.69, 9.17) is 10.5 Å². The first-order valence-electron chi connectivity index (χ1n) is 5.18. The van der Waals surface area contributed by atoms with Crippen molar-refractivity contribution in [2.24, 2.45) is 5.73 Å². The zero-order valence-electron chi connectivity index (χ0n) is 9.16. The molecule has 1 saturated carbocycles. The third-order valence-electron chi connectivity index (χ3n) is 3.15. The van der Waals surface area contributed by atoms with Crippen molar-refractivity contribution in [3.63, 3.8) is 0 Å². The maximum absolute atomic E-state index is 9.38. The van der Waals surface area contributed by atoms with Crippen LogP contribution in [0.4, 0.5) is 0 Å². The number of rotatable bonds is 2. The normalized spacial score (nSPS) is 29.7. The monoisotopic (exact) mass is 207 g/mol. The van der Waals surface area contributed by atoms with Gasteiger partial charge in [-0.25, -0.2) is 0 Å². The Labute approximate surface area is 89.9 Å². The molecule has 1 aromatic rings. The first kappa shape index (κ1) is 10.5. The lowest BCUT2D eigenvalue weighted by Gasteiger charge is -2.44. The van der Waals surface area contributed by atoms with Crippen molar-refractivity contribution in [2.45, 2.75) is 31.4 Å². The minimum absolute atomic E-state index is 0.265. The molecule has 0 aromatic heterocycles. The quantitative estimate of drug-likeness (QED) is 0.768. The van der Waals surface area contributed by atoms with E-state index in [9.17, 15) is 5.11 Å². The molecule has 2 rings (SSSR count). The van der Waals surface area contributed by atoms with E-state index >= 15 is 0 Å². The molecule has 0 saturated heterocycles. The van der Waals surface area contributed by atoms with Gasteiger partial charge in [-0.1, -0.05) is 12.1 Å². The molecule has 0 radical (unpaired) electrons. The Morgan fingerprint density at radius 3 is 2.67 bits per heavy atom. The van der Waals surface area contributed by atoms with E-state index in [0.717, 1.165) is 16.9 Å². The predicted octanol–water partition coefficient (Wildman–Crippen LogP) is 1.31. The topological polar surface area (TPSA) is 55.5 Å². The number of aliphatic hydroxyl groups is 1. The number of aliphatic hydroxyl groups excluding tert-OH is 1. The Hall–Kier alpha value is -1.06. The van der Waals surface area contributed by atoms with Crippen LogP contribution in [0.15, 0.2) is 18.2 Å². The van der Waals surface area contributed by atoms with Crippen molar-refractivity contribution in [3.05, 3.63) is 29.3 Å². The lowest BCUT2D eigenvalue weighted by Crippen LogP contribution is -2.52. The lowest BCUT2D eigenvalue weighted by atomic mass is 9.69. The van der Waals surface area contributed by atoms with Crippen LogP contribution in [0.5, 0.6) is 5.75 Å². The van der Waals surface area contributed by atoms with E-state index in [1.54, 1.807) is 7.11 Å². The van der Waals surface area contributed by atoms with Crippen molar-refractivity contribution < 1.29 is 9.84 Å². The van der Waals surface area contributed by atoms with Gasteiger partial charge in [0.1, 0.15) is 5.75 Å². The molecular formula is C12H17NO2. The van der Waals surface area contributed by atoms with Crippen LogP contribution in [0.1, 0.15) is 24.0 Å². The Morgan fingerprint density at radius 1 is 1.47 bits per heavy atom. The number of benzene rings is 1. The highest BCUT2D eigenvalue weighted by atomic mass is 16.5. The summed E-state index contributed by atoms with van der Waals surface area (Å²) in [7, 11) is 1.65. The molecule has 0 atom stereocenters. The number of hydrogen-bond donors (Lipinski definition) is 2. The van der Waals surface area contributed by atoms with Crippen LogP contribution >= 0.6 is 0 Å². The fraction of sp³-hybridized carbons (Fsp3) is 0.500. The van der Waals surface area contributed by atoms with Crippen molar-refractivity contribution in [1.29, 1.82) is 0 Å². The Balaban J connectivity index is 2.42. The third-order valence-corrected chi connectivity index (χ3v) is 3.15. The van der Waals surface area contributed by atoms with Gasteiger partial charge in [0.25, 0.3) is 0 Å². The van der Waals surface area contributed by atoms with E-state index in [1.807, 2.05) is 25.1 Å². The molecular weight excluding hydrogens is 190 g/mol. The van der Waals surface area contributed by atoms with E-state index in [-0.39, 0.29) is 6.10 Å². The molecule has 3 nitrogen and oxygen atoms in total. The largest absolute Gasteiger partial charge is 0.496 e. The molecule has 15 heavy (non-hydrogen) atoms. The van der Waals surface area contributed by atoms with Gasteiger partial charge in [-0.2, -0.15) is 0 Å². The average Bonchev–Trinajstić information content (AvgIpc) is 2.14. The minimum Gasteiger partial charge on any atom is -0.496 e. The van der Waals surface area contributed by atoms with E-state index < -0.39 is 5.54 Å². The molecule has 1 aliphatic rings. The molecule has 3 N–H and O–H groups in total. The van der Waals surface area contributed by atoms with Crippen molar-refractivity contribution >= 4 is 0 Å². The summed E-state index contributed by atoms with van der Waals surface area (Å²) in [6, 6.07) is 5.90. The molecule has 0 amide bonds. The van der Waals surface area contributed by atoms with Crippen LogP contribution in [-0.4, -0.2) is 18.3 Å². The molecule has 82 valence electrons. The SMILES string of the molecule is COc1cccc(C)c1C1(N)CC(O)C1. The summed E-state index contributed by atoms with van der Waals surface area (Å²) >= 11 is 0. The second-order valence-electron chi connectivity index (χ2n) is 4.37. The zero-order chi connectivity index (χ0) is 11.1. The van der Waals surface area contributed by atoms with Crippen molar-refractivity contribution in [3.8, 4) is 5.75 Å². The number of nitrogens with two attached hydrogens (primary N) is 1. The summed E-state index contributed by atoms with van der Waals surface area (Å²) in [5, 5.41) is 9.38. The highest BCUT2D eigenvalue weighted by Gasteiger charge is 2.43. The molecule has 0 spiro atoms. The van der Waals surface area contributed by atoms with E-state index in [0.29, 0.717) is 12.8 Å². The van der Waals surface area contributed by atoms with Gasteiger partial charge < -0.3 is 15.6 Å². The summed E-state index contributed by atoms with van der Waals surface area (Å²) in [5.41, 5.74) is 8.01. The van der Waals surface area contributed by atoms with Crippen LogP contribution in [0, 0.1) is 6.92 Å². The summed E-state index contributed by atoms with van der Waals surface area (Å²) < 4.78 is 5.32. The Morgan fingerprint density at radius 2 is 2.13 bits per heavy atom. The first-order chi connectivity index (χ1) is 7.07. The molecule has 0 aliphatic heterocycles. The smallest absolute Gasteiger partial charge is 0.124 e.